The highest BCUT2D eigenvalue weighted by Gasteiger charge is 2.30. The number of carbonyl (C=O) groups is 4. The van der Waals surface area contributed by atoms with E-state index in [9.17, 15) is 19.2 Å². The molecular formula is C22H38N4O5. The van der Waals surface area contributed by atoms with Crippen LogP contribution in [0.4, 0.5) is 4.79 Å². The highest BCUT2D eigenvalue weighted by atomic mass is 16.6. The molecule has 2 rings (SSSR count). The Morgan fingerprint density at radius 3 is 2.45 bits per heavy atom. The number of alkyl carbamates (subject to hydrolysis) is 1. The summed E-state index contributed by atoms with van der Waals surface area (Å²) in [6.07, 6.45) is 5.45. The van der Waals surface area contributed by atoms with Gasteiger partial charge < -0.3 is 25.2 Å². The minimum Gasteiger partial charge on any atom is -0.444 e. The monoisotopic (exact) mass is 438 g/mol. The van der Waals surface area contributed by atoms with Crippen LogP contribution in [0.25, 0.3) is 0 Å². The van der Waals surface area contributed by atoms with E-state index in [0.717, 1.165) is 38.5 Å². The van der Waals surface area contributed by atoms with E-state index in [0.29, 0.717) is 32.6 Å². The van der Waals surface area contributed by atoms with Gasteiger partial charge in [-0.1, -0.05) is 12.8 Å². The summed E-state index contributed by atoms with van der Waals surface area (Å²) in [5, 5.41) is 5.43. The number of nitrogens with one attached hydrogen (secondary N) is 2. The number of nitrogens with zero attached hydrogens (tertiary/aromatic N) is 2. The van der Waals surface area contributed by atoms with Gasteiger partial charge in [0.1, 0.15) is 5.60 Å². The van der Waals surface area contributed by atoms with Gasteiger partial charge in [0.05, 0.1) is 12.5 Å². The van der Waals surface area contributed by atoms with E-state index >= 15 is 0 Å². The maximum atomic E-state index is 12.8. The number of piperidine rings is 1. The highest BCUT2D eigenvalue weighted by Crippen LogP contribution is 2.18. The molecule has 0 bridgehead atoms. The summed E-state index contributed by atoms with van der Waals surface area (Å²) in [5.41, 5.74) is -0.567. The molecule has 0 aromatic carbocycles. The van der Waals surface area contributed by atoms with Crippen molar-refractivity contribution >= 4 is 23.8 Å². The summed E-state index contributed by atoms with van der Waals surface area (Å²) < 4.78 is 5.15. The first kappa shape index (κ1) is 24.9. The maximum Gasteiger partial charge on any atom is 0.407 e. The van der Waals surface area contributed by atoms with Gasteiger partial charge in [-0.15, -0.1) is 0 Å². The lowest BCUT2D eigenvalue weighted by molar-refractivity contribution is -0.143. The smallest absolute Gasteiger partial charge is 0.407 e. The number of amides is 4. The molecule has 31 heavy (non-hydrogen) atoms. The zero-order valence-corrected chi connectivity index (χ0v) is 19.2. The Balaban J connectivity index is 1.73. The van der Waals surface area contributed by atoms with Crippen LogP contribution in [0.2, 0.25) is 0 Å². The third-order valence-corrected chi connectivity index (χ3v) is 5.48. The van der Waals surface area contributed by atoms with E-state index in [1.807, 2.05) is 0 Å². The molecule has 2 fully saturated rings. The van der Waals surface area contributed by atoms with Crippen molar-refractivity contribution in [2.45, 2.75) is 71.3 Å². The van der Waals surface area contributed by atoms with Crippen molar-refractivity contribution in [2.24, 2.45) is 5.92 Å². The summed E-state index contributed by atoms with van der Waals surface area (Å²) in [6, 6.07) is 0. The van der Waals surface area contributed by atoms with Crippen molar-refractivity contribution < 1.29 is 23.9 Å². The Kier molecular flexibility index (Phi) is 9.58. The van der Waals surface area contributed by atoms with Gasteiger partial charge in [-0.25, -0.2) is 4.79 Å². The molecule has 176 valence electrons. The van der Waals surface area contributed by atoms with Crippen molar-refractivity contribution in [3.63, 3.8) is 0 Å². The molecule has 9 nitrogen and oxygen atoms in total. The Bertz CT molecular complexity index is 646. The normalized spacial score (nSPS) is 20.5. The zero-order chi connectivity index (χ0) is 22.9. The number of hydrogen-bond donors (Lipinski definition) is 2. The van der Waals surface area contributed by atoms with Crippen LogP contribution in [0, 0.1) is 5.92 Å². The molecule has 2 saturated heterocycles. The fourth-order valence-electron chi connectivity index (χ4n) is 3.87. The minimum atomic E-state index is -0.567. The first-order valence-corrected chi connectivity index (χ1v) is 11.5. The lowest BCUT2D eigenvalue weighted by atomic mass is 9.97. The van der Waals surface area contributed by atoms with Gasteiger partial charge in [0.15, 0.2) is 0 Å². The van der Waals surface area contributed by atoms with Crippen molar-refractivity contribution in [2.75, 3.05) is 39.3 Å². The van der Waals surface area contributed by atoms with E-state index in [1.165, 1.54) is 0 Å². The molecule has 0 spiro atoms. The second-order valence-electron chi connectivity index (χ2n) is 9.38. The van der Waals surface area contributed by atoms with Crippen molar-refractivity contribution in [3.8, 4) is 0 Å². The lowest BCUT2D eigenvalue weighted by Gasteiger charge is -2.34. The fourth-order valence-corrected chi connectivity index (χ4v) is 3.87. The predicted octanol–water partition coefficient (Wildman–Crippen LogP) is 1.66. The molecule has 2 N–H and O–H groups in total. The highest BCUT2D eigenvalue weighted by molar-refractivity contribution is 5.86. The number of ether oxygens (including phenoxy) is 1. The summed E-state index contributed by atoms with van der Waals surface area (Å²) in [6.45, 7) is 7.65. The second-order valence-corrected chi connectivity index (χ2v) is 9.38. The largest absolute Gasteiger partial charge is 0.444 e. The van der Waals surface area contributed by atoms with Gasteiger partial charge in [0.25, 0.3) is 0 Å². The van der Waals surface area contributed by atoms with Crippen LogP contribution >= 0.6 is 0 Å². The molecule has 0 aromatic heterocycles. The van der Waals surface area contributed by atoms with Crippen LogP contribution in [0.1, 0.15) is 65.7 Å². The number of rotatable bonds is 6. The molecular weight excluding hydrogens is 400 g/mol. The Labute approximate surface area is 185 Å². The molecule has 0 aliphatic carbocycles. The van der Waals surface area contributed by atoms with Crippen molar-refractivity contribution in [3.05, 3.63) is 0 Å². The predicted molar refractivity (Wildman–Crippen MR) is 116 cm³/mol. The van der Waals surface area contributed by atoms with Gasteiger partial charge in [-0.3, -0.25) is 14.4 Å². The van der Waals surface area contributed by atoms with Crippen LogP contribution in [-0.2, 0) is 19.1 Å². The summed E-state index contributed by atoms with van der Waals surface area (Å²) >= 11 is 0. The molecule has 0 saturated carbocycles. The van der Waals surface area contributed by atoms with Gasteiger partial charge >= 0.3 is 6.09 Å². The zero-order valence-electron chi connectivity index (χ0n) is 19.2. The fraction of sp³-hybridized carbons (Fsp3) is 0.818. The lowest BCUT2D eigenvalue weighted by Crippen LogP contribution is -2.50. The molecule has 1 unspecified atom stereocenters. The molecule has 2 heterocycles. The van der Waals surface area contributed by atoms with Gasteiger partial charge in [-0.05, 0) is 46.5 Å². The Morgan fingerprint density at radius 2 is 1.71 bits per heavy atom. The number of carbonyl (C=O) groups excluding carboxylic acids is 4. The molecule has 0 aromatic rings. The van der Waals surface area contributed by atoms with E-state index < -0.39 is 11.7 Å². The number of likely N-dealkylation sites (tertiary alicyclic amines) is 2. The van der Waals surface area contributed by atoms with Crippen LogP contribution in [0.15, 0.2) is 0 Å². The van der Waals surface area contributed by atoms with Crippen molar-refractivity contribution in [1.29, 1.82) is 0 Å². The van der Waals surface area contributed by atoms with Crippen LogP contribution in [0.3, 0.4) is 0 Å². The molecule has 1 atom stereocenters. The van der Waals surface area contributed by atoms with E-state index in [2.05, 4.69) is 10.6 Å². The molecule has 2 aliphatic rings. The summed E-state index contributed by atoms with van der Waals surface area (Å²) in [4.78, 5) is 52.6. The van der Waals surface area contributed by atoms with Crippen molar-refractivity contribution in [1.82, 2.24) is 20.4 Å². The molecule has 4 amide bonds. The SMILES string of the molecule is CC(C)(C)OC(=O)NCCNC(=O)C1CCCN(C(=O)CN2CCCCCCC2=O)C1. The van der Waals surface area contributed by atoms with E-state index in [1.54, 1.807) is 30.6 Å². The van der Waals surface area contributed by atoms with Gasteiger partial charge in [-0.2, -0.15) is 0 Å². The average molecular weight is 439 g/mol. The molecule has 2 aliphatic heterocycles. The topological polar surface area (TPSA) is 108 Å². The quantitative estimate of drug-likeness (QED) is 0.613. The van der Waals surface area contributed by atoms with Crippen LogP contribution < -0.4 is 10.6 Å². The minimum absolute atomic E-state index is 0.0526. The number of hydrogen-bond acceptors (Lipinski definition) is 5. The summed E-state index contributed by atoms with van der Waals surface area (Å²) in [7, 11) is 0. The van der Waals surface area contributed by atoms with E-state index in [-0.39, 0.29) is 36.7 Å². The van der Waals surface area contributed by atoms with Gasteiger partial charge in [0.2, 0.25) is 17.7 Å². The Morgan fingerprint density at radius 1 is 1.00 bits per heavy atom. The molecule has 0 radical (unpaired) electrons. The third kappa shape index (κ3) is 9.14. The van der Waals surface area contributed by atoms with Gasteiger partial charge in [0, 0.05) is 39.1 Å². The molecule has 9 heteroatoms. The second kappa shape index (κ2) is 11.9. The van der Waals surface area contributed by atoms with E-state index in [4.69, 9.17) is 4.74 Å². The average Bonchev–Trinajstić information content (AvgIpc) is 2.69. The first-order valence-electron chi connectivity index (χ1n) is 11.5. The third-order valence-electron chi connectivity index (χ3n) is 5.48. The standard InChI is InChI=1S/C22H38N4O5/c1-22(2,3)31-21(30)24-12-11-23-20(29)17-9-8-14-25(15-17)19(28)16-26-13-7-5-4-6-10-18(26)27/h17H,4-16H2,1-3H3,(H,23,29)(H,24,30). The Hall–Kier alpha value is -2.32. The van der Waals surface area contributed by atoms with Crippen LogP contribution in [0.5, 0.6) is 0 Å². The summed E-state index contributed by atoms with van der Waals surface area (Å²) in [5.74, 6) is -0.428. The van der Waals surface area contributed by atoms with Crippen LogP contribution in [-0.4, -0.2) is 78.5 Å². The first-order chi connectivity index (χ1) is 14.7. The maximum absolute atomic E-state index is 12.8.